The lowest BCUT2D eigenvalue weighted by Gasteiger charge is -2.31. The molecule has 0 amide bonds. The number of aromatic nitrogens is 3. The minimum atomic E-state index is -0.798. The molecule has 2 aromatic heterocycles. The van der Waals surface area contributed by atoms with Gasteiger partial charge in [0.25, 0.3) is 0 Å². The van der Waals surface area contributed by atoms with Gasteiger partial charge >= 0.3 is 0 Å². The lowest BCUT2D eigenvalue weighted by atomic mass is 9.94. The SMILES string of the molecule is CCC[C@@H](n1cnc2cnc3ccccc3c21)C(C)(C)O. The van der Waals surface area contributed by atoms with Gasteiger partial charge in [0.1, 0.15) is 5.52 Å². The van der Waals surface area contributed by atoms with Gasteiger partial charge < -0.3 is 9.67 Å². The number of fused-ring (bicyclic) bond motifs is 3. The smallest absolute Gasteiger partial charge is 0.107 e. The Morgan fingerprint density at radius 2 is 1.95 bits per heavy atom. The highest BCUT2D eigenvalue weighted by atomic mass is 16.3. The van der Waals surface area contributed by atoms with Crippen LogP contribution in [0.2, 0.25) is 0 Å². The Morgan fingerprint density at radius 3 is 2.67 bits per heavy atom. The summed E-state index contributed by atoms with van der Waals surface area (Å²) >= 11 is 0. The molecular weight excluding hydrogens is 262 g/mol. The molecule has 4 nitrogen and oxygen atoms in total. The summed E-state index contributed by atoms with van der Waals surface area (Å²) in [5.74, 6) is 0. The second kappa shape index (κ2) is 5.11. The van der Waals surface area contributed by atoms with Crippen LogP contribution in [0.3, 0.4) is 0 Å². The highest BCUT2D eigenvalue weighted by Crippen LogP contribution is 2.32. The summed E-state index contributed by atoms with van der Waals surface area (Å²) in [4.78, 5) is 8.93. The van der Waals surface area contributed by atoms with Crippen LogP contribution in [0, 0.1) is 0 Å². The molecule has 0 radical (unpaired) electrons. The second-order valence-electron chi connectivity index (χ2n) is 6.12. The molecule has 0 aliphatic heterocycles. The lowest BCUT2D eigenvalue weighted by Crippen LogP contribution is -2.32. The van der Waals surface area contributed by atoms with Crippen LogP contribution in [0.15, 0.2) is 36.8 Å². The summed E-state index contributed by atoms with van der Waals surface area (Å²) in [6.45, 7) is 5.86. The maximum absolute atomic E-state index is 10.5. The van der Waals surface area contributed by atoms with Gasteiger partial charge in [-0.25, -0.2) is 4.98 Å². The number of hydrogen-bond acceptors (Lipinski definition) is 3. The molecule has 0 fully saturated rings. The molecule has 21 heavy (non-hydrogen) atoms. The quantitative estimate of drug-likeness (QED) is 0.794. The van der Waals surface area contributed by atoms with Crippen molar-refractivity contribution in [3.8, 4) is 0 Å². The van der Waals surface area contributed by atoms with E-state index in [2.05, 4.69) is 27.5 Å². The predicted octanol–water partition coefficient (Wildman–Crippen LogP) is 3.70. The van der Waals surface area contributed by atoms with Crippen LogP contribution >= 0.6 is 0 Å². The van der Waals surface area contributed by atoms with E-state index in [4.69, 9.17) is 0 Å². The summed E-state index contributed by atoms with van der Waals surface area (Å²) in [6.07, 6.45) is 5.56. The number of hydrogen-bond donors (Lipinski definition) is 1. The van der Waals surface area contributed by atoms with E-state index in [0.717, 1.165) is 34.8 Å². The first-order valence-electron chi connectivity index (χ1n) is 7.45. The summed E-state index contributed by atoms with van der Waals surface area (Å²) in [5, 5.41) is 11.6. The predicted molar refractivity (Wildman–Crippen MR) is 85.3 cm³/mol. The van der Waals surface area contributed by atoms with Gasteiger partial charge in [-0.1, -0.05) is 31.5 Å². The minimum absolute atomic E-state index is 0.00157. The summed E-state index contributed by atoms with van der Waals surface area (Å²) in [6, 6.07) is 8.07. The molecule has 1 aromatic carbocycles. The van der Waals surface area contributed by atoms with E-state index in [0.29, 0.717) is 0 Å². The standard InChI is InChI=1S/C17H21N3O/c1-4-7-15(17(2,3)21)20-11-19-14-10-18-13-9-6-5-8-12(13)16(14)20/h5-6,8-11,15,21H,4,7H2,1-3H3/t15-/m1/s1. The number of pyridine rings is 1. The average Bonchev–Trinajstić information content (AvgIpc) is 2.87. The van der Waals surface area contributed by atoms with Crippen molar-refractivity contribution in [1.29, 1.82) is 0 Å². The number of rotatable bonds is 4. The van der Waals surface area contributed by atoms with E-state index in [1.54, 1.807) is 0 Å². The van der Waals surface area contributed by atoms with Crippen molar-refractivity contribution in [3.63, 3.8) is 0 Å². The average molecular weight is 283 g/mol. The Kier molecular flexibility index (Phi) is 3.41. The summed E-state index contributed by atoms with van der Waals surface area (Å²) in [7, 11) is 0. The number of nitrogens with zero attached hydrogens (tertiary/aromatic N) is 3. The van der Waals surface area contributed by atoms with Crippen molar-refractivity contribution in [3.05, 3.63) is 36.8 Å². The first-order chi connectivity index (χ1) is 10.0. The third kappa shape index (κ3) is 2.40. The molecular formula is C17H21N3O. The molecule has 0 saturated carbocycles. The van der Waals surface area contributed by atoms with Crippen molar-refractivity contribution >= 4 is 21.9 Å². The largest absolute Gasteiger partial charge is 0.388 e. The Morgan fingerprint density at radius 1 is 1.19 bits per heavy atom. The number of benzene rings is 1. The van der Waals surface area contributed by atoms with Gasteiger partial charge in [-0.15, -0.1) is 0 Å². The van der Waals surface area contributed by atoms with E-state index in [9.17, 15) is 5.11 Å². The maximum atomic E-state index is 10.5. The second-order valence-corrected chi connectivity index (χ2v) is 6.12. The molecule has 3 rings (SSSR count). The fourth-order valence-electron chi connectivity index (χ4n) is 3.01. The number of imidazole rings is 1. The van der Waals surface area contributed by atoms with Gasteiger partial charge in [-0.3, -0.25) is 4.98 Å². The van der Waals surface area contributed by atoms with Crippen LogP contribution < -0.4 is 0 Å². The van der Waals surface area contributed by atoms with Crippen LogP contribution in [0.5, 0.6) is 0 Å². The molecule has 110 valence electrons. The topological polar surface area (TPSA) is 50.9 Å². The molecule has 3 aromatic rings. The Hall–Kier alpha value is -1.94. The van der Waals surface area contributed by atoms with Gasteiger partial charge in [0.05, 0.1) is 35.2 Å². The van der Waals surface area contributed by atoms with E-state index in [1.807, 2.05) is 44.6 Å². The summed E-state index contributed by atoms with van der Waals surface area (Å²) < 4.78 is 2.11. The normalized spacial score (nSPS) is 13.9. The van der Waals surface area contributed by atoms with Crippen molar-refractivity contribution < 1.29 is 5.11 Å². The van der Waals surface area contributed by atoms with E-state index >= 15 is 0 Å². The number of para-hydroxylation sites is 1. The van der Waals surface area contributed by atoms with Crippen molar-refractivity contribution in [1.82, 2.24) is 14.5 Å². The third-order valence-electron chi connectivity index (χ3n) is 4.02. The monoisotopic (exact) mass is 283 g/mol. The van der Waals surface area contributed by atoms with Gasteiger partial charge in [-0.05, 0) is 26.3 Å². The molecule has 0 spiro atoms. The van der Waals surface area contributed by atoms with Crippen molar-refractivity contribution in [2.24, 2.45) is 0 Å². The molecule has 1 atom stereocenters. The fourth-order valence-corrected chi connectivity index (χ4v) is 3.01. The Bertz CT molecular complexity index is 770. The first-order valence-corrected chi connectivity index (χ1v) is 7.45. The highest BCUT2D eigenvalue weighted by molar-refractivity contribution is 6.02. The van der Waals surface area contributed by atoms with Crippen molar-refractivity contribution in [2.45, 2.75) is 45.3 Å². The van der Waals surface area contributed by atoms with Crippen LogP contribution in [-0.4, -0.2) is 25.2 Å². The molecule has 0 aliphatic carbocycles. The van der Waals surface area contributed by atoms with Gasteiger partial charge in [0, 0.05) is 5.39 Å². The van der Waals surface area contributed by atoms with Crippen LogP contribution in [0.4, 0.5) is 0 Å². The highest BCUT2D eigenvalue weighted by Gasteiger charge is 2.29. The fraction of sp³-hybridized carbons (Fsp3) is 0.412. The zero-order valence-corrected chi connectivity index (χ0v) is 12.7. The molecule has 0 bridgehead atoms. The molecule has 1 N–H and O–H groups in total. The summed E-state index contributed by atoms with van der Waals surface area (Å²) in [5.41, 5.74) is 2.09. The van der Waals surface area contributed by atoms with E-state index in [1.165, 1.54) is 0 Å². The molecule has 4 heteroatoms. The molecule has 0 unspecified atom stereocenters. The van der Waals surface area contributed by atoms with Crippen LogP contribution in [0.1, 0.15) is 39.7 Å². The zero-order chi connectivity index (χ0) is 15.0. The zero-order valence-electron chi connectivity index (χ0n) is 12.7. The van der Waals surface area contributed by atoms with Crippen LogP contribution in [-0.2, 0) is 0 Å². The molecule has 0 aliphatic rings. The Labute approximate surface area is 124 Å². The Balaban J connectivity index is 2.29. The van der Waals surface area contributed by atoms with Crippen LogP contribution in [0.25, 0.3) is 21.9 Å². The third-order valence-corrected chi connectivity index (χ3v) is 4.02. The van der Waals surface area contributed by atoms with Gasteiger partial charge in [0.2, 0.25) is 0 Å². The van der Waals surface area contributed by atoms with Gasteiger partial charge in [0.15, 0.2) is 0 Å². The first kappa shape index (κ1) is 14.0. The molecule has 2 heterocycles. The van der Waals surface area contributed by atoms with Crippen molar-refractivity contribution in [2.75, 3.05) is 0 Å². The lowest BCUT2D eigenvalue weighted by molar-refractivity contribution is 0.0206. The van der Waals surface area contributed by atoms with Gasteiger partial charge in [-0.2, -0.15) is 0 Å². The number of aliphatic hydroxyl groups is 1. The van der Waals surface area contributed by atoms with E-state index < -0.39 is 5.60 Å². The van der Waals surface area contributed by atoms with E-state index in [-0.39, 0.29) is 6.04 Å². The maximum Gasteiger partial charge on any atom is 0.107 e. The molecule has 0 saturated heterocycles. The minimum Gasteiger partial charge on any atom is -0.388 e.